The molecule has 0 unspecified atom stereocenters. The third-order valence-corrected chi connectivity index (χ3v) is 5.04. The highest BCUT2D eigenvalue weighted by Crippen LogP contribution is 2.39. The van der Waals surface area contributed by atoms with Crippen LogP contribution in [0.1, 0.15) is 34.6 Å². The van der Waals surface area contributed by atoms with Crippen LogP contribution in [0.25, 0.3) is 0 Å². The molecule has 0 bridgehead atoms. The molecule has 24 heavy (non-hydrogen) atoms. The number of rotatable bonds is 5. The normalized spacial score (nSPS) is 19.0. The molecular formula is C19H31N2O2P. The van der Waals surface area contributed by atoms with Gasteiger partial charge < -0.3 is 14.2 Å². The maximum absolute atomic E-state index is 6.25. The van der Waals surface area contributed by atoms with Crippen molar-refractivity contribution in [1.82, 2.24) is 0 Å². The Hall–Kier alpha value is -1.12. The van der Waals surface area contributed by atoms with Crippen LogP contribution < -0.4 is 9.64 Å². The first-order valence-corrected chi connectivity index (χ1v) is 10.6. The second-order valence-corrected chi connectivity index (χ2v) is 9.86. The van der Waals surface area contributed by atoms with Crippen molar-refractivity contribution >= 4 is 19.7 Å². The lowest BCUT2D eigenvalue weighted by molar-refractivity contribution is 0.207. The molecule has 1 aliphatic rings. The van der Waals surface area contributed by atoms with Crippen LogP contribution in [0.2, 0.25) is 0 Å². The number of aliphatic imine (C=N–C) groups is 1. The fourth-order valence-electron chi connectivity index (χ4n) is 2.95. The summed E-state index contributed by atoms with van der Waals surface area (Å²) in [5.74, 6) is 1.88. The van der Waals surface area contributed by atoms with E-state index in [1.807, 2.05) is 12.1 Å². The van der Waals surface area contributed by atoms with Gasteiger partial charge in [0.25, 0.3) is 0 Å². The van der Waals surface area contributed by atoms with Gasteiger partial charge in [-0.2, -0.15) is 0 Å². The number of ether oxygens (including phenoxy) is 1. The summed E-state index contributed by atoms with van der Waals surface area (Å²) < 4.78 is 11.5. The molecule has 0 saturated carbocycles. The van der Waals surface area contributed by atoms with Crippen LogP contribution in [-0.2, 0) is 4.52 Å². The Labute approximate surface area is 148 Å². The van der Waals surface area contributed by atoms with Crippen LogP contribution in [0, 0.1) is 5.41 Å². The van der Waals surface area contributed by atoms with Crippen LogP contribution in [0.3, 0.4) is 0 Å². The predicted octanol–water partition coefficient (Wildman–Crippen LogP) is 4.78. The Balaban J connectivity index is 2.39. The lowest BCUT2D eigenvalue weighted by atomic mass is 9.87. The van der Waals surface area contributed by atoms with Gasteiger partial charge in [-0.3, -0.25) is 4.99 Å². The molecule has 1 aliphatic heterocycles. The second-order valence-electron chi connectivity index (χ2n) is 8.06. The summed E-state index contributed by atoms with van der Waals surface area (Å²) in [5.41, 5.74) is 0.843. The van der Waals surface area contributed by atoms with E-state index in [2.05, 4.69) is 65.0 Å². The van der Waals surface area contributed by atoms with Crippen LogP contribution in [0.5, 0.6) is 5.75 Å². The second kappa shape index (κ2) is 7.01. The first-order chi connectivity index (χ1) is 11.0. The molecule has 0 saturated heterocycles. The van der Waals surface area contributed by atoms with Crippen LogP contribution in [-0.4, -0.2) is 44.5 Å². The molecule has 0 aliphatic carbocycles. The minimum absolute atomic E-state index is 0.117. The molecule has 134 valence electrons. The molecule has 0 amide bonds. The number of amidine groups is 1. The molecular weight excluding hydrogens is 319 g/mol. The van der Waals surface area contributed by atoms with E-state index in [4.69, 9.17) is 14.3 Å². The van der Waals surface area contributed by atoms with E-state index < -0.39 is 13.7 Å². The Morgan fingerprint density at radius 3 is 2.12 bits per heavy atom. The zero-order valence-corrected chi connectivity index (χ0v) is 17.1. The number of benzene rings is 1. The van der Waals surface area contributed by atoms with E-state index in [0.29, 0.717) is 0 Å². The van der Waals surface area contributed by atoms with E-state index >= 15 is 0 Å². The van der Waals surface area contributed by atoms with Crippen molar-refractivity contribution in [1.29, 1.82) is 0 Å². The van der Waals surface area contributed by atoms with E-state index in [9.17, 15) is 0 Å². The van der Waals surface area contributed by atoms with Crippen molar-refractivity contribution < 1.29 is 9.26 Å². The first kappa shape index (κ1) is 19.2. The van der Waals surface area contributed by atoms with E-state index in [1.54, 1.807) is 7.11 Å². The molecule has 4 nitrogen and oxygen atoms in total. The van der Waals surface area contributed by atoms with Gasteiger partial charge in [-0.25, -0.2) is 0 Å². The number of hydrogen-bond donors (Lipinski definition) is 0. The smallest absolute Gasteiger partial charge is 0.136 e. The summed E-state index contributed by atoms with van der Waals surface area (Å²) in [6.07, 6.45) is 0. The third kappa shape index (κ3) is 4.29. The Kier molecular flexibility index (Phi) is 5.61. The summed E-state index contributed by atoms with van der Waals surface area (Å²) >= 11 is 0. The standard InChI is InChI=1S/C19H31N2O2P/c1-18(2,3)16-13-21(14-9-11-15(22-6)12-10-14)17(20-16)19(4,5)23-24(7)8/h9-12,16H,13H2,1-8H3/t16-/m1/s1. The monoisotopic (exact) mass is 350 g/mol. The van der Waals surface area contributed by atoms with Crippen molar-refractivity contribution in [2.24, 2.45) is 10.4 Å². The zero-order valence-electron chi connectivity index (χ0n) is 16.3. The average Bonchev–Trinajstić information content (AvgIpc) is 2.92. The highest BCUT2D eigenvalue weighted by molar-refractivity contribution is 7.50. The molecule has 0 radical (unpaired) electrons. The minimum atomic E-state index is -0.470. The van der Waals surface area contributed by atoms with Crippen molar-refractivity contribution in [2.75, 3.05) is 31.9 Å². The molecule has 0 N–H and O–H groups in total. The zero-order chi connectivity index (χ0) is 18.1. The van der Waals surface area contributed by atoms with Gasteiger partial charge in [0.15, 0.2) is 0 Å². The molecule has 2 rings (SSSR count). The molecule has 0 spiro atoms. The minimum Gasteiger partial charge on any atom is -0.497 e. The molecule has 0 fully saturated rings. The van der Waals surface area contributed by atoms with Crippen molar-refractivity contribution in [3.8, 4) is 5.75 Å². The van der Waals surface area contributed by atoms with Gasteiger partial charge in [0.1, 0.15) is 17.2 Å². The molecule has 5 heteroatoms. The van der Waals surface area contributed by atoms with E-state index in [1.165, 1.54) is 0 Å². The maximum Gasteiger partial charge on any atom is 0.136 e. The quantitative estimate of drug-likeness (QED) is 0.717. The van der Waals surface area contributed by atoms with Crippen LogP contribution >= 0.6 is 8.15 Å². The van der Waals surface area contributed by atoms with Gasteiger partial charge in [0.05, 0.1) is 13.2 Å². The first-order valence-electron chi connectivity index (χ1n) is 8.41. The van der Waals surface area contributed by atoms with Gasteiger partial charge in [0, 0.05) is 20.4 Å². The molecule has 1 atom stereocenters. The van der Waals surface area contributed by atoms with Gasteiger partial charge in [0.2, 0.25) is 0 Å². The summed E-state index contributed by atoms with van der Waals surface area (Å²) in [7, 11) is 1.22. The summed E-state index contributed by atoms with van der Waals surface area (Å²) in [4.78, 5) is 7.38. The maximum atomic E-state index is 6.25. The van der Waals surface area contributed by atoms with Crippen molar-refractivity contribution in [2.45, 2.75) is 46.3 Å². The fraction of sp³-hybridized carbons (Fsp3) is 0.632. The number of methoxy groups -OCH3 is 1. The number of anilines is 1. The van der Waals surface area contributed by atoms with Crippen LogP contribution in [0.4, 0.5) is 5.69 Å². The van der Waals surface area contributed by atoms with E-state index in [0.717, 1.165) is 23.8 Å². The Morgan fingerprint density at radius 2 is 1.67 bits per heavy atom. The van der Waals surface area contributed by atoms with E-state index in [-0.39, 0.29) is 11.5 Å². The van der Waals surface area contributed by atoms with Crippen molar-refractivity contribution in [3.05, 3.63) is 24.3 Å². The van der Waals surface area contributed by atoms with Gasteiger partial charge in [-0.15, -0.1) is 0 Å². The van der Waals surface area contributed by atoms with Crippen LogP contribution in [0.15, 0.2) is 29.3 Å². The van der Waals surface area contributed by atoms with Gasteiger partial charge in [-0.1, -0.05) is 20.8 Å². The Morgan fingerprint density at radius 1 is 1.08 bits per heavy atom. The van der Waals surface area contributed by atoms with Crippen molar-refractivity contribution in [3.63, 3.8) is 0 Å². The average molecular weight is 350 g/mol. The lowest BCUT2D eigenvalue weighted by Gasteiger charge is -2.33. The fourth-order valence-corrected chi connectivity index (χ4v) is 3.95. The number of hydrogen-bond acceptors (Lipinski definition) is 4. The lowest BCUT2D eigenvalue weighted by Crippen LogP contribution is -2.44. The molecule has 1 heterocycles. The largest absolute Gasteiger partial charge is 0.497 e. The summed E-state index contributed by atoms with van der Waals surface area (Å²) in [5, 5.41) is 0. The number of nitrogens with zero attached hydrogens (tertiary/aromatic N) is 2. The topological polar surface area (TPSA) is 34.1 Å². The third-order valence-electron chi connectivity index (χ3n) is 4.22. The molecule has 0 aromatic heterocycles. The summed E-state index contributed by atoms with van der Waals surface area (Å²) in [6, 6.07) is 8.43. The van der Waals surface area contributed by atoms with Gasteiger partial charge >= 0.3 is 0 Å². The Bertz CT molecular complexity index is 588. The van der Waals surface area contributed by atoms with Gasteiger partial charge in [-0.05, 0) is 56.9 Å². The highest BCUT2D eigenvalue weighted by Gasteiger charge is 2.41. The molecule has 1 aromatic rings. The summed E-state index contributed by atoms with van der Waals surface area (Å²) in [6.45, 7) is 16.1. The SMILES string of the molecule is COc1ccc(N2C[C@H](C(C)(C)C)N=C2C(C)(C)OP(C)C)cc1. The molecule has 1 aromatic carbocycles. The predicted molar refractivity (Wildman–Crippen MR) is 105 cm³/mol. The highest BCUT2D eigenvalue weighted by atomic mass is 31.1.